The molecule has 3 rings (SSSR count). The number of hydrogen-bond acceptors (Lipinski definition) is 5. The molecule has 0 amide bonds. The Morgan fingerprint density at radius 3 is 2.83 bits per heavy atom. The summed E-state index contributed by atoms with van der Waals surface area (Å²) in [6, 6.07) is 3.41. The van der Waals surface area contributed by atoms with Crippen molar-refractivity contribution >= 4 is 33.9 Å². The Hall–Kier alpha value is -2.26. The van der Waals surface area contributed by atoms with E-state index in [-0.39, 0.29) is 0 Å². The minimum Gasteiger partial charge on any atom is -0.401 e. The molecule has 3 aromatic rings. The lowest BCUT2D eigenvalue weighted by Crippen LogP contribution is -2.04. The first-order chi connectivity index (χ1) is 10.9. The maximum Gasteiger partial charge on any atom is 0.416 e. The molecule has 2 heterocycles. The molecule has 0 aliphatic rings. The fourth-order valence-corrected chi connectivity index (χ4v) is 2.55. The van der Waals surface area contributed by atoms with E-state index in [4.69, 9.17) is 10.9 Å². The molecular weight excluding hydrogens is 327 g/mol. The van der Waals surface area contributed by atoms with E-state index in [1.54, 1.807) is 11.6 Å². The number of pyridine rings is 1. The number of allylic oxidation sites excluding steroid dienone is 1. The van der Waals surface area contributed by atoms with Gasteiger partial charge in [-0.15, -0.1) is 0 Å². The van der Waals surface area contributed by atoms with E-state index in [1.165, 1.54) is 6.07 Å². The molecule has 9 heteroatoms. The van der Waals surface area contributed by atoms with Gasteiger partial charge in [-0.3, -0.25) is 10.1 Å². The number of fused-ring (bicyclic) bond motifs is 3. The number of alkyl halides is 3. The molecule has 0 spiro atoms. The van der Waals surface area contributed by atoms with E-state index in [0.717, 1.165) is 24.1 Å². The van der Waals surface area contributed by atoms with E-state index in [2.05, 4.69) is 15.0 Å². The molecule has 120 valence electrons. The highest BCUT2D eigenvalue weighted by Gasteiger charge is 2.30. The summed E-state index contributed by atoms with van der Waals surface area (Å²) >= 11 is 0.977. The summed E-state index contributed by atoms with van der Waals surface area (Å²) in [5.41, 5.74) is 6.98. The maximum atomic E-state index is 12.9. The molecule has 0 atom stereocenters. The summed E-state index contributed by atoms with van der Waals surface area (Å²) < 4.78 is 38.7. The van der Waals surface area contributed by atoms with Crippen LogP contribution in [0.5, 0.6) is 0 Å². The lowest BCUT2D eigenvalue weighted by atomic mass is 10.1. The molecule has 5 nitrogen and oxygen atoms in total. The molecule has 0 fully saturated rings. The molecule has 5 N–H and O–H groups in total. The van der Waals surface area contributed by atoms with Gasteiger partial charge in [-0.25, -0.2) is 4.98 Å². The summed E-state index contributed by atoms with van der Waals surface area (Å²) in [5, 5.41) is 7.22. The van der Waals surface area contributed by atoms with Crippen molar-refractivity contribution in [1.29, 1.82) is 0 Å². The van der Waals surface area contributed by atoms with Gasteiger partial charge >= 0.3 is 6.18 Å². The van der Waals surface area contributed by atoms with Crippen LogP contribution in [0.15, 0.2) is 35.5 Å². The number of aromatic amines is 1. The summed E-state index contributed by atoms with van der Waals surface area (Å²) in [7, 11) is 0. The largest absolute Gasteiger partial charge is 0.416 e. The van der Waals surface area contributed by atoms with Crippen LogP contribution in [0.2, 0.25) is 0 Å². The summed E-state index contributed by atoms with van der Waals surface area (Å²) in [5.74, 6) is 0.537. The van der Waals surface area contributed by atoms with E-state index in [9.17, 15) is 13.2 Å². The predicted octanol–water partition coefficient (Wildman–Crippen LogP) is 3.08. The standard InChI is InChI=1S/C14H12F3N5S/c15-14(16,17)7-1-2-10-9(3-7)13-11(5-20-10)21-12(22-13)4-8(18)6-23-19/h1-3,5-6H,4,18-19H2,(H,21,22)/b8-6-. The van der Waals surface area contributed by atoms with Crippen molar-refractivity contribution in [2.24, 2.45) is 10.9 Å². The van der Waals surface area contributed by atoms with E-state index >= 15 is 0 Å². The molecular formula is C14H12F3N5S. The molecule has 0 saturated heterocycles. The highest BCUT2D eigenvalue weighted by Crippen LogP contribution is 2.32. The van der Waals surface area contributed by atoms with E-state index in [1.807, 2.05) is 0 Å². The van der Waals surface area contributed by atoms with Crippen LogP contribution >= 0.6 is 11.9 Å². The van der Waals surface area contributed by atoms with Gasteiger partial charge in [0.1, 0.15) is 5.82 Å². The number of rotatable bonds is 3. The molecule has 1 aromatic carbocycles. The first-order valence-corrected chi connectivity index (χ1v) is 7.47. The molecule has 0 bridgehead atoms. The molecule has 0 unspecified atom stereocenters. The first kappa shape index (κ1) is 15.6. The first-order valence-electron chi connectivity index (χ1n) is 6.53. The van der Waals surface area contributed by atoms with Gasteiger partial charge in [0.05, 0.1) is 28.3 Å². The minimum absolute atomic E-state index is 0.319. The number of imidazole rings is 1. The van der Waals surface area contributed by atoms with Gasteiger partial charge in [0.15, 0.2) is 0 Å². The highest BCUT2D eigenvalue weighted by molar-refractivity contribution is 7.99. The fraction of sp³-hybridized carbons (Fsp3) is 0.143. The van der Waals surface area contributed by atoms with Crippen LogP contribution in [-0.2, 0) is 12.6 Å². The van der Waals surface area contributed by atoms with Gasteiger partial charge in [0, 0.05) is 22.9 Å². The van der Waals surface area contributed by atoms with Crippen molar-refractivity contribution < 1.29 is 13.2 Å². The van der Waals surface area contributed by atoms with Crippen molar-refractivity contribution in [3.63, 3.8) is 0 Å². The van der Waals surface area contributed by atoms with Crippen LogP contribution in [0.3, 0.4) is 0 Å². The van der Waals surface area contributed by atoms with Gasteiger partial charge in [-0.2, -0.15) is 13.2 Å². The third kappa shape index (κ3) is 3.10. The van der Waals surface area contributed by atoms with Gasteiger partial charge in [-0.05, 0) is 18.2 Å². The van der Waals surface area contributed by atoms with Crippen LogP contribution in [0.25, 0.3) is 21.9 Å². The van der Waals surface area contributed by atoms with Crippen LogP contribution in [0.4, 0.5) is 13.2 Å². The van der Waals surface area contributed by atoms with E-state index < -0.39 is 11.7 Å². The van der Waals surface area contributed by atoms with Crippen molar-refractivity contribution in [3.8, 4) is 0 Å². The van der Waals surface area contributed by atoms with Gasteiger partial charge < -0.3 is 10.7 Å². The molecule has 0 radical (unpaired) electrons. The Morgan fingerprint density at radius 2 is 2.13 bits per heavy atom. The third-order valence-electron chi connectivity index (χ3n) is 3.28. The Balaban J connectivity index is 2.14. The summed E-state index contributed by atoms with van der Waals surface area (Å²) in [4.78, 5) is 11.5. The average Bonchev–Trinajstić information content (AvgIpc) is 2.88. The Kier molecular flexibility index (Phi) is 3.90. The number of H-pyrrole nitrogens is 1. The predicted molar refractivity (Wildman–Crippen MR) is 84.1 cm³/mol. The number of nitrogens with one attached hydrogen (secondary N) is 1. The van der Waals surface area contributed by atoms with Crippen molar-refractivity contribution in [3.05, 3.63) is 46.9 Å². The number of nitrogens with zero attached hydrogens (tertiary/aromatic N) is 2. The second-order valence-corrected chi connectivity index (χ2v) is 5.45. The minimum atomic E-state index is -4.42. The number of benzene rings is 1. The summed E-state index contributed by atoms with van der Waals surface area (Å²) in [6.45, 7) is 0. The third-order valence-corrected chi connectivity index (χ3v) is 3.72. The fourth-order valence-electron chi connectivity index (χ4n) is 2.29. The number of aromatic nitrogens is 3. The second kappa shape index (κ2) is 5.74. The molecule has 23 heavy (non-hydrogen) atoms. The normalized spacial score (nSPS) is 13.1. The smallest absolute Gasteiger partial charge is 0.401 e. The van der Waals surface area contributed by atoms with Crippen molar-refractivity contribution in [1.82, 2.24) is 15.0 Å². The number of halogens is 3. The van der Waals surface area contributed by atoms with Crippen molar-refractivity contribution in [2.75, 3.05) is 0 Å². The average molecular weight is 339 g/mol. The van der Waals surface area contributed by atoms with Crippen LogP contribution in [0, 0.1) is 0 Å². The highest BCUT2D eigenvalue weighted by atomic mass is 32.2. The lowest BCUT2D eigenvalue weighted by Gasteiger charge is -2.07. The Labute approximate surface area is 133 Å². The quantitative estimate of drug-likeness (QED) is 0.638. The zero-order chi connectivity index (χ0) is 16.6. The molecule has 2 aromatic heterocycles. The Bertz CT molecular complexity index is 900. The number of hydrogen-bond donors (Lipinski definition) is 3. The van der Waals surface area contributed by atoms with E-state index in [0.29, 0.717) is 39.9 Å². The van der Waals surface area contributed by atoms with Crippen molar-refractivity contribution in [2.45, 2.75) is 12.6 Å². The van der Waals surface area contributed by atoms with Crippen LogP contribution in [-0.4, -0.2) is 15.0 Å². The van der Waals surface area contributed by atoms with Crippen LogP contribution in [0.1, 0.15) is 11.4 Å². The summed E-state index contributed by atoms with van der Waals surface area (Å²) in [6.07, 6.45) is -2.56. The van der Waals surface area contributed by atoms with Gasteiger partial charge in [-0.1, -0.05) is 11.9 Å². The lowest BCUT2D eigenvalue weighted by molar-refractivity contribution is -0.137. The van der Waals surface area contributed by atoms with Gasteiger partial charge in [0.25, 0.3) is 0 Å². The molecule has 0 saturated carbocycles. The number of nitrogens with two attached hydrogens (primary N) is 2. The monoisotopic (exact) mass is 339 g/mol. The Morgan fingerprint density at radius 1 is 1.35 bits per heavy atom. The SMILES string of the molecule is NS/C=C(\N)Cc1nc2c(cnc3ccc(C(F)(F)F)cc32)[nH]1. The maximum absolute atomic E-state index is 12.9. The van der Waals surface area contributed by atoms with Gasteiger partial charge in [0.2, 0.25) is 0 Å². The topological polar surface area (TPSA) is 93.6 Å². The zero-order valence-corrected chi connectivity index (χ0v) is 12.5. The second-order valence-electron chi connectivity index (χ2n) is 4.94. The molecule has 0 aliphatic carbocycles. The molecule has 0 aliphatic heterocycles. The van der Waals surface area contributed by atoms with Crippen LogP contribution < -0.4 is 10.9 Å². The zero-order valence-electron chi connectivity index (χ0n) is 11.7.